The summed E-state index contributed by atoms with van der Waals surface area (Å²) in [7, 11) is 0. The van der Waals surface area contributed by atoms with Gasteiger partial charge in [0.2, 0.25) is 6.79 Å². The molecule has 0 amide bonds. The molecule has 3 rings (SSSR count). The number of ether oxygens (including phenoxy) is 2. The Balaban J connectivity index is 1.97. The number of aliphatic carboxylic acids is 1. The Morgan fingerprint density at radius 1 is 1.04 bits per heavy atom. The summed E-state index contributed by atoms with van der Waals surface area (Å²) in [6.45, 7) is 0.00649. The number of aldehydes is 1. The monoisotopic (exact) mass is 366 g/mol. The molecule has 0 radical (unpaired) electrons. The van der Waals surface area contributed by atoms with Crippen molar-refractivity contribution in [2.75, 3.05) is 6.79 Å². The third-order valence-corrected chi connectivity index (χ3v) is 4.15. The van der Waals surface area contributed by atoms with E-state index < -0.39 is 29.5 Å². The Hall–Kier alpha value is -3.03. The first-order chi connectivity index (χ1) is 12.3. The van der Waals surface area contributed by atoms with E-state index in [1.54, 1.807) is 0 Å². The van der Waals surface area contributed by atoms with Crippen molar-refractivity contribution in [3.8, 4) is 11.5 Å². The topological polar surface area (TPSA) is 72.8 Å². The minimum Gasteiger partial charge on any atom is -0.481 e. The van der Waals surface area contributed by atoms with Crippen LogP contribution in [0.2, 0.25) is 0 Å². The van der Waals surface area contributed by atoms with E-state index in [0.29, 0.717) is 23.3 Å². The highest BCUT2D eigenvalue weighted by atomic mass is 19.4. The van der Waals surface area contributed by atoms with Crippen molar-refractivity contribution < 1.29 is 37.3 Å². The maximum Gasteiger partial charge on any atom is 0.416 e. The van der Waals surface area contributed by atoms with Gasteiger partial charge in [0, 0.05) is 0 Å². The number of hydrogen-bond acceptors (Lipinski definition) is 4. The molecule has 0 saturated carbocycles. The Labute approximate surface area is 146 Å². The molecule has 5 nitrogen and oxygen atoms in total. The highest BCUT2D eigenvalue weighted by Gasteiger charge is 2.34. The van der Waals surface area contributed by atoms with E-state index in [2.05, 4.69) is 0 Å². The highest BCUT2D eigenvalue weighted by Crippen LogP contribution is 2.39. The Kier molecular flexibility index (Phi) is 4.58. The summed E-state index contributed by atoms with van der Waals surface area (Å²) in [4.78, 5) is 23.4. The van der Waals surface area contributed by atoms with Crippen molar-refractivity contribution in [3.05, 3.63) is 59.2 Å². The van der Waals surface area contributed by atoms with Gasteiger partial charge >= 0.3 is 12.1 Å². The summed E-state index contributed by atoms with van der Waals surface area (Å²) in [5, 5.41) is 9.61. The lowest BCUT2D eigenvalue weighted by Gasteiger charge is -2.20. The smallest absolute Gasteiger partial charge is 0.416 e. The van der Waals surface area contributed by atoms with Crippen LogP contribution in [0.25, 0.3) is 0 Å². The van der Waals surface area contributed by atoms with Crippen LogP contribution >= 0.6 is 0 Å². The molecule has 8 heteroatoms. The molecule has 0 spiro atoms. The summed E-state index contributed by atoms with van der Waals surface area (Å²) >= 11 is 0. The fraction of sp³-hybridized carbons (Fsp3) is 0.222. The van der Waals surface area contributed by atoms with Crippen molar-refractivity contribution in [2.24, 2.45) is 0 Å². The largest absolute Gasteiger partial charge is 0.481 e. The van der Waals surface area contributed by atoms with E-state index >= 15 is 0 Å². The molecular formula is C18H13F3O5. The second kappa shape index (κ2) is 6.70. The number of carboxylic acid groups (broad SMARTS) is 1. The molecule has 0 bridgehead atoms. The molecule has 2 aromatic rings. The average molecular weight is 366 g/mol. The quantitative estimate of drug-likeness (QED) is 0.819. The Bertz CT molecular complexity index is 830. The van der Waals surface area contributed by atoms with Crippen LogP contribution in [-0.4, -0.2) is 24.2 Å². The highest BCUT2D eigenvalue weighted by molar-refractivity contribution is 5.84. The van der Waals surface area contributed by atoms with E-state index in [0.717, 1.165) is 24.3 Å². The fourth-order valence-corrected chi connectivity index (χ4v) is 2.85. The SMILES string of the molecule is O=CC(c1ccc(C(F)(F)F)cc1)C(C(=O)O)c1ccc2c(c1)OCO2. The number of halogens is 3. The number of carboxylic acids is 1. The van der Waals surface area contributed by atoms with Gasteiger partial charge in [-0.15, -0.1) is 0 Å². The van der Waals surface area contributed by atoms with Crippen LogP contribution in [0.15, 0.2) is 42.5 Å². The van der Waals surface area contributed by atoms with Crippen LogP contribution in [0.5, 0.6) is 11.5 Å². The summed E-state index contributed by atoms with van der Waals surface area (Å²) in [5.74, 6) is -2.91. The minimum atomic E-state index is -4.52. The van der Waals surface area contributed by atoms with Crippen LogP contribution in [0.1, 0.15) is 28.5 Å². The average Bonchev–Trinajstić information content (AvgIpc) is 3.06. The lowest BCUT2D eigenvalue weighted by molar-refractivity contribution is -0.140. The zero-order valence-electron chi connectivity index (χ0n) is 13.2. The molecule has 0 aliphatic carbocycles. The molecule has 2 atom stereocenters. The van der Waals surface area contributed by atoms with Crippen molar-refractivity contribution in [1.29, 1.82) is 0 Å². The zero-order chi connectivity index (χ0) is 18.9. The van der Waals surface area contributed by atoms with Gasteiger partial charge in [-0.25, -0.2) is 0 Å². The predicted molar refractivity (Wildman–Crippen MR) is 83.2 cm³/mol. The summed E-state index contributed by atoms with van der Waals surface area (Å²) in [6, 6.07) is 8.36. The zero-order valence-corrected chi connectivity index (χ0v) is 13.2. The second-order valence-corrected chi connectivity index (χ2v) is 5.71. The molecular weight excluding hydrogens is 353 g/mol. The molecule has 26 heavy (non-hydrogen) atoms. The first kappa shape index (κ1) is 17.8. The Morgan fingerprint density at radius 2 is 1.65 bits per heavy atom. The van der Waals surface area contributed by atoms with Crippen LogP contribution in [-0.2, 0) is 15.8 Å². The first-order valence-electron chi connectivity index (χ1n) is 7.56. The van der Waals surface area contributed by atoms with Crippen LogP contribution in [0.4, 0.5) is 13.2 Å². The molecule has 1 N–H and O–H groups in total. The number of benzene rings is 2. The van der Waals surface area contributed by atoms with Crippen LogP contribution in [0.3, 0.4) is 0 Å². The molecule has 1 aliphatic rings. The van der Waals surface area contributed by atoms with E-state index in [9.17, 15) is 27.9 Å². The molecule has 2 aromatic carbocycles. The number of carbonyl (C=O) groups excluding carboxylic acids is 1. The third kappa shape index (κ3) is 3.35. The second-order valence-electron chi connectivity index (χ2n) is 5.71. The summed E-state index contributed by atoms with van der Waals surface area (Å²) < 4.78 is 48.5. The fourth-order valence-electron chi connectivity index (χ4n) is 2.85. The van der Waals surface area contributed by atoms with Crippen molar-refractivity contribution in [3.63, 3.8) is 0 Å². The number of alkyl halides is 3. The molecule has 0 saturated heterocycles. The van der Waals surface area contributed by atoms with Gasteiger partial charge in [-0.2, -0.15) is 13.2 Å². The summed E-state index contributed by atoms with van der Waals surface area (Å²) in [6.07, 6.45) is -4.09. The van der Waals surface area contributed by atoms with Crippen LogP contribution in [0, 0.1) is 0 Å². The van der Waals surface area contributed by atoms with Gasteiger partial charge < -0.3 is 19.4 Å². The third-order valence-electron chi connectivity index (χ3n) is 4.15. The van der Waals surface area contributed by atoms with Gasteiger partial charge in [0.05, 0.1) is 17.4 Å². The number of carbonyl (C=O) groups is 2. The molecule has 0 aromatic heterocycles. The van der Waals surface area contributed by atoms with Crippen molar-refractivity contribution in [1.82, 2.24) is 0 Å². The molecule has 2 unspecified atom stereocenters. The van der Waals surface area contributed by atoms with Crippen molar-refractivity contribution >= 4 is 12.3 Å². The number of fused-ring (bicyclic) bond motifs is 1. The van der Waals surface area contributed by atoms with E-state index in [4.69, 9.17) is 9.47 Å². The lowest BCUT2D eigenvalue weighted by atomic mass is 9.82. The van der Waals surface area contributed by atoms with Crippen molar-refractivity contribution in [2.45, 2.75) is 18.0 Å². The van der Waals surface area contributed by atoms with Gasteiger partial charge in [-0.05, 0) is 35.4 Å². The maximum absolute atomic E-state index is 12.7. The van der Waals surface area contributed by atoms with Gasteiger partial charge in [0.25, 0.3) is 0 Å². The molecule has 0 fully saturated rings. The van der Waals surface area contributed by atoms with E-state index in [-0.39, 0.29) is 12.4 Å². The number of hydrogen-bond donors (Lipinski definition) is 1. The van der Waals surface area contributed by atoms with Gasteiger partial charge in [-0.3, -0.25) is 4.79 Å². The molecule has 1 aliphatic heterocycles. The van der Waals surface area contributed by atoms with Gasteiger partial charge in [0.15, 0.2) is 11.5 Å². The van der Waals surface area contributed by atoms with Gasteiger partial charge in [-0.1, -0.05) is 18.2 Å². The summed E-state index contributed by atoms with van der Waals surface area (Å²) in [5.41, 5.74) is -0.405. The standard InChI is InChI=1S/C18H13F3O5/c19-18(20,21)12-4-1-10(2-5-12)13(8-22)16(17(23)24)11-3-6-14-15(7-11)26-9-25-14/h1-8,13,16H,9H2,(H,23,24). The lowest BCUT2D eigenvalue weighted by Crippen LogP contribution is -2.21. The van der Waals surface area contributed by atoms with Gasteiger partial charge in [0.1, 0.15) is 6.29 Å². The predicted octanol–water partition coefficient (Wildman–Crippen LogP) is 3.59. The molecule has 136 valence electrons. The Morgan fingerprint density at radius 3 is 2.23 bits per heavy atom. The first-order valence-corrected chi connectivity index (χ1v) is 7.56. The van der Waals surface area contributed by atoms with E-state index in [1.807, 2.05) is 0 Å². The number of rotatable bonds is 5. The van der Waals surface area contributed by atoms with Crippen LogP contribution < -0.4 is 9.47 Å². The normalized spacial score (nSPS) is 15.3. The van der Waals surface area contributed by atoms with E-state index in [1.165, 1.54) is 18.2 Å². The molecule has 1 heterocycles. The minimum absolute atomic E-state index is 0.00649. The maximum atomic E-state index is 12.7.